The van der Waals surface area contributed by atoms with Crippen molar-refractivity contribution in [3.8, 4) is 11.4 Å². The lowest BCUT2D eigenvalue weighted by Crippen LogP contribution is -2.22. The van der Waals surface area contributed by atoms with Crippen LogP contribution in [-0.2, 0) is 11.2 Å². The molecule has 2 aromatic rings. The van der Waals surface area contributed by atoms with Gasteiger partial charge in [0.2, 0.25) is 11.7 Å². The summed E-state index contributed by atoms with van der Waals surface area (Å²) in [4.78, 5) is 20.5. The third kappa shape index (κ3) is 3.29. The van der Waals surface area contributed by atoms with E-state index in [2.05, 4.69) is 15.1 Å². The van der Waals surface area contributed by atoms with Crippen LogP contribution in [0.25, 0.3) is 11.4 Å². The minimum Gasteiger partial charge on any atom is -0.339 e. The summed E-state index contributed by atoms with van der Waals surface area (Å²) < 4.78 is 5.16. The average molecular weight is 273 g/mol. The maximum absolute atomic E-state index is 12.0. The van der Waals surface area contributed by atoms with Crippen molar-refractivity contribution in [3.63, 3.8) is 0 Å². The van der Waals surface area contributed by atoms with Crippen LogP contribution in [-0.4, -0.2) is 20.9 Å². The van der Waals surface area contributed by atoms with Crippen molar-refractivity contribution in [2.45, 2.75) is 41.0 Å². The average Bonchev–Trinajstić information content (AvgIpc) is 2.75. The Morgan fingerprint density at radius 1 is 1.15 bits per heavy atom. The van der Waals surface area contributed by atoms with Gasteiger partial charge in [-0.2, -0.15) is 4.98 Å². The standard InChI is InChI=1S/C15H19N3O2/c1-9-6-11(7-10(2)16-9)14-17-13(20-18-14)8-12(19)15(3,4)5/h6-7H,8H2,1-5H3. The van der Waals surface area contributed by atoms with Crippen LogP contribution in [0.4, 0.5) is 0 Å². The molecule has 0 saturated carbocycles. The van der Waals surface area contributed by atoms with Crippen molar-refractivity contribution in [1.82, 2.24) is 15.1 Å². The highest BCUT2D eigenvalue weighted by molar-refractivity contribution is 5.85. The maximum atomic E-state index is 12.0. The molecular formula is C15H19N3O2. The van der Waals surface area contributed by atoms with E-state index in [0.717, 1.165) is 17.0 Å². The van der Waals surface area contributed by atoms with E-state index in [1.165, 1.54) is 0 Å². The first-order valence-corrected chi connectivity index (χ1v) is 6.57. The molecule has 2 rings (SSSR count). The highest BCUT2D eigenvalue weighted by atomic mass is 16.5. The maximum Gasteiger partial charge on any atom is 0.234 e. The summed E-state index contributed by atoms with van der Waals surface area (Å²) in [6.07, 6.45) is 0.166. The van der Waals surface area contributed by atoms with E-state index in [1.807, 2.05) is 46.8 Å². The normalized spacial score (nSPS) is 11.7. The third-order valence-electron chi connectivity index (χ3n) is 2.96. The van der Waals surface area contributed by atoms with E-state index in [0.29, 0.717) is 11.7 Å². The fourth-order valence-corrected chi connectivity index (χ4v) is 1.81. The molecule has 0 bridgehead atoms. The second-order valence-electron chi connectivity index (χ2n) is 6.00. The molecule has 20 heavy (non-hydrogen) atoms. The monoisotopic (exact) mass is 273 g/mol. The molecule has 0 aliphatic heterocycles. The predicted molar refractivity (Wildman–Crippen MR) is 75.2 cm³/mol. The summed E-state index contributed by atoms with van der Waals surface area (Å²) >= 11 is 0. The molecule has 0 aromatic carbocycles. The molecule has 0 aliphatic carbocycles. The molecule has 0 fully saturated rings. The summed E-state index contributed by atoms with van der Waals surface area (Å²) in [7, 11) is 0. The number of aryl methyl sites for hydroxylation is 2. The lowest BCUT2D eigenvalue weighted by Gasteiger charge is -2.14. The zero-order chi connectivity index (χ0) is 14.9. The number of carbonyl (C=O) groups excluding carboxylic acids is 1. The SMILES string of the molecule is Cc1cc(-c2noc(CC(=O)C(C)(C)C)n2)cc(C)n1. The number of hydrogen-bond donors (Lipinski definition) is 0. The Balaban J connectivity index is 2.23. The summed E-state index contributed by atoms with van der Waals surface area (Å²) in [5, 5.41) is 3.94. The first kappa shape index (κ1) is 14.4. The van der Waals surface area contributed by atoms with Crippen molar-refractivity contribution in [1.29, 1.82) is 0 Å². The quantitative estimate of drug-likeness (QED) is 0.860. The Bertz CT molecular complexity index is 619. The zero-order valence-electron chi connectivity index (χ0n) is 12.5. The van der Waals surface area contributed by atoms with Gasteiger partial charge in [-0.25, -0.2) is 0 Å². The number of Topliss-reactive ketones (excluding diaryl/α,β-unsaturated/α-hetero) is 1. The Labute approximate surface area is 118 Å². The fraction of sp³-hybridized carbons (Fsp3) is 0.467. The number of pyridine rings is 1. The van der Waals surface area contributed by atoms with E-state index in [4.69, 9.17) is 4.52 Å². The molecule has 0 spiro atoms. The smallest absolute Gasteiger partial charge is 0.234 e. The van der Waals surface area contributed by atoms with Gasteiger partial charge in [0.25, 0.3) is 0 Å². The van der Waals surface area contributed by atoms with Gasteiger partial charge in [0, 0.05) is 22.4 Å². The highest BCUT2D eigenvalue weighted by Gasteiger charge is 2.23. The Morgan fingerprint density at radius 3 is 2.30 bits per heavy atom. The highest BCUT2D eigenvalue weighted by Crippen LogP contribution is 2.20. The predicted octanol–water partition coefficient (Wildman–Crippen LogP) is 2.91. The van der Waals surface area contributed by atoms with Crippen LogP contribution in [0.1, 0.15) is 38.0 Å². The number of carbonyl (C=O) groups is 1. The van der Waals surface area contributed by atoms with Gasteiger partial charge in [-0.3, -0.25) is 9.78 Å². The molecule has 2 heterocycles. The molecule has 2 aromatic heterocycles. The van der Waals surface area contributed by atoms with Gasteiger partial charge in [0.05, 0.1) is 6.42 Å². The second kappa shape index (κ2) is 5.15. The summed E-state index contributed by atoms with van der Waals surface area (Å²) in [6.45, 7) is 9.47. The summed E-state index contributed by atoms with van der Waals surface area (Å²) in [5.41, 5.74) is 2.25. The van der Waals surface area contributed by atoms with E-state index in [-0.39, 0.29) is 12.2 Å². The lowest BCUT2D eigenvalue weighted by molar-refractivity contribution is -0.125. The third-order valence-corrected chi connectivity index (χ3v) is 2.96. The Hall–Kier alpha value is -2.04. The number of rotatable bonds is 3. The van der Waals surface area contributed by atoms with Gasteiger partial charge in [-0.1, -0.05) is 25.9 Å². The van der Waals surface area contributed by atoms with E-state index in [9.17, 15) is 4.79 Å². The molecule has 106 valence electrons. The molecule has 0 unspecified atom stereocenters. The molecule has 0 saturated heterocycles. The van der Waals surface area contributed by atoms with Gasteiger partial charge < -0.3 is 4.52 Å². The number of nitrogens with zero attached hydrogens (tertiary/aromatic N) is 3. The molecule has 5 heteroatoms. The van der Waals surface area contributed by atoms with E-state index < -0.39 is 5.41 Å². The van der Waals surface area contributed by atoms with Crippen LogP contribution in [0.3, 0.4) is 0 Å². The van der Waals surface area contributed by atoms with Gasteiger partial charge >= 0.3 is 0 Å². The minimum atomic E-state index is -0.404. The molecule has 0 N–H and O–H groups in total. The number of aromatic nitrogens is 3. The van der Waals surface area contributed by atoms with Crippen molar-refractivity contribution >= 4 is 5.78 Å². The molecule has 5 nitrogen and oxygen atoms in total. The van der Waals surface area contributed by atoms with Crippen molar-refractivity contribution in [2.24, 2.45) is 5.41 Å². The minimum absolute atomic E-state index is 0.0785. The Morgan fingerprint density at radius 2 is 1.75 bits per heavy atom. The fourth-order valence-electron chi connectivity index (χ4n) is 1.81. The largest absolute Gasteiger partial charge is 0.339 e. The number of ketones is 1. The van der Waals surface area contributed by atoms with Crippen LogP contribution in [0.2, 0.25) is 0 Å². The van der Waals surface area contributed by atoms with E-state index >= 15 is 0 Å². The van der Waals surface area contributed by atoms with Gasteiger partial charge in [-0.15, -0.1) is 0 Å². The molecule has 0 aliphatic rings. The molecule has 0 amide bonds. The summed E-state index contributed by atoms with van der Waals surface area (Å²) in [6, 6.07) is 3.79. The van der Waals surface area contributed by atoms with Gasteiger partial charge in [0.1, 0.15) is 5.78 Å². The first-order chi connectivity index (χ1) is 9.25. The van der Waals surface area contributed by atoms with E-state index in [1.54, 1.807) is 0 Å². The number of hydrogen-bond acceptors (Lipinski definition) is 5. The van der Waals surface area contributed by atoms with Crippen LogP contribution in [0.15, 0.2) is 16.7 Å². The Kier molecular flexibility index (Phi) is 3.70. The van der Waals surface area contributed by atoms with Crippen molar-refractivity contribution in [3.05, 3.63) is 29.4 Å². The topological polar surface area (TPSA) is 68.9 Å². The van der Waals surface area contributed by atoms with Crippen molar-refractivity contribution < 1.29 is 9.32 Å². The zero-order valence-corrected chi connectivity index (χ0v) is 12.5. The van der Waals surface area contributed by atoms with Gasteiger partial charge in [-0.05, 0) is 26.0 Å². The molecule has 0 radical (unpaired) electrons. The van der Waals surface area contributed by atoms with Crippen LogP contribution < -0.4 is 0 Å². The van der Waals surface area contributed by atoms with Crippen LogP contribution in [0.5, 0.6) is 0 Å². The van der Waals surface area contributed by atoms with Crippen molar-refractivity contribution in [2.75, 3.05) is 0 Å². The van der Waals surface area contributed by atoms with Gasteiger partial charge in [0.15, 0.2) is 0 Å². The van der Waals surface area contributed by atoms with Crippen LogP contribution >= 0.6 is 0 Å². The molecular weight excluding hydrogens is 254 g/mol. The molecule has 0 atom stereocenters. The lowest BCUT2D eigenvalue weighted by atomic mass is 9.89. The van der Waals surface area contributed by atoms with Crippen LogP contribution in [0, 0.1) is 19.3 Å². The first-order valence-electron chi connectivity index (χ1n) is 6.57. The summed E-state index contributed by atoms with van der Waals surface area (Å²) in [5.74, 6) is 0.928. The second-order valence-corrected chi connectivity index (χ2v) is 6.00.